The molecule has 0 bridgehead atoms. The van der Waals surface area contributed by atoms with Crippen molar-refractivity contribution >= 4 is 0 Å². The highest BCUT2D eigenvalue weighted by Gasteiger charge is 2.10. The van der Waals surface area contributed by atoms with E-state index in [1.54, 1.807) is 12.4 Å². The molecule has 1 atom stereocenters. The van der Waals surface area contributed by atoms with Gasteiger partial charge in [-0.15, -0.1) is 0 Å². The minimum absolute atomic E-state index is 0.0286. The fourth-order valence-corrected chi connectivity index (χ4v) is 2.15. The fraction of sp³-hybridized carbons (Fsp3) is 0.294. The van der Waals surface area contributed by atoms with Crippen molar-refractivity contribution in [2.45, 2.75) is 32.1 Å². The van der Waals surface area contributed by atoms with Crippen molar-refractivity contribution < 1.29 is 0 Å². The summed E-state index contributed by atoms with van der Waals surface area (Å²) >= 11 is 0. The lowest BCUT2D eigenvalue weighted by Crippen LogP contribution is -1.99. The van der Waals surface area contributed by atoms with Gasteiger partial charge in [0, 0.05) is 12.4 Å². The minimum Gasteiger partial charge on any atom is -0.265 e. The second kappa shape index (κ2) is 6.70. The van der Waals surface area contributed by atoms with Gasteiger partial charge in [0.15, 0.2) is 0 Å². The number of nitrogens with zero attached hydrogens (tertiary/aromatic N) is 2. The molecule has 2 nitrogen and oxygen atoms in total. The van der Waals surface area contributed by atoms with Crippen LogP contribution in [0.1, 0.15) is 36.0 Å². The summed E-state index contributed by atoms with van der Waals surface area (Å²) in [6.07, 6.45) is 6.40. The van der Waals surface area contributed by atoms with E-state index in [1.807, 2.05) is 12.1 Å². The summed E-state index contributed by atoms with van der Waals surface area (Å²) in [5, 5.41) is 9.32. The molecule has 0 fully saturated rings. The molecule has 1 aromatic carbocycles. The zero-order chi connectivity index (χ0) is 13.5. The first kappa shape index (κ1) is 13.3. The first-order valence-electron chi connectivity index (χ1n) is 6.71. The number of aryl methyl sites for hydroxylation is 2. The Morgan fingerprint density at radius 1 is 1.05 bits per heavy atom. The largest absolute Gasteiger partial charge is 0.265 e. The summed E-state index contributed by atoms with van der Waals surface area (Å²) in [5.74, 6) is -0.0286. The van der Waals surface area contributed by atoms with Gasteiger partial charge in [0.1, 0.15) is 0 Å². The Morgan fingerprint density at radius 2 is 1.74 bits per heavy atom. The summed E-state index contributed by atoms with van der Waals surface area (Å²) in [7, 11) is 0. The van der Waals surface area contributed by atoms with Crippen LogP contribution in [-0.2, 0) is 12.8 Å². The lowest BCUT2D eigenvalue weighted by atomic mass is 9.93. The third kappa shape index (κ3) is 3.66. The van der Waals surface area contributed by atoms with Gasteiger partial charge in [-0.25, -0.2) is 0 Å². The Bertz CT molecular complexity index is 538. The maximum atomic E-state index is 9.32. The van der Waals surface area contributed by atoms with Crippen LogP contribution in [0.4, 0.5) is 0 Å². The Labute approximate surface area is 114 Å². The molecule has 2 aromatic rings. The Hall–Kier alpha value is -2.14. The van der Waals surface area contributed by atoms with Crippen LogP contribution in [0.2, 0.25) is 0 Å². The van der Waals surface area contributed by atoms with Gasteiger partial charge >= 0.3 is 0 Å². The molecule has 2 heteroatoms. The van der Waals surface area contributed by atoms with E-state index in [1.165, 1.54) is 11.1 Å². The zero-order valence-electron chi connectivity index (χ0n) is 11.2. The first-order chi connectivity index (χ1) is 9.33. The SMILES string of the molecule is CCc1ccc(C(C#N)CCc2ccncc2)cc1. The van der Waals surface area contributed by atoms with Crippen LogP contribution < -0.4 is 0 Å². The monoisotopic (exact) mass is 250 g/mol. The molecule has 96 valence electrons. The number of aromatic nitrogens is 1. The van der Waals surface area contributed by atoms with Crippen molar-refractivity contribution in [3.8, 4) is 6.07 Å². The molecular formula is C17H18N2. The molecule has 1 heterocycles. The number of hydrogen-bond acceptors (Lipinski definition) is 2. The van der Waals surface area contributed by atoms with Gasteiger partial charge in [0.05, 0.1) is 12.0 Å². The van der Waals surface area contributed by atoms with Crippen molar-refractivity contribution in [1.82, 2.24) is 4.98 Å². The van der Waals surface area contributed by atoms with E-state index in [4.69, 9.17) is 0 Å². The molecule has 1 unspecified atom stereocenters. The lowest BCUT2D eigenvalue weighted by Gasteiger charge is -2.10. The van der Waals surface area contributed by atoms with Crippen molar-refractivity contribution in [2.24, 2.45) is 0 Å². The second-order valence-electron chi connectivity index (χ2n) is 4.67. The topological polar surface area (TPSA) is 36.7 Å². The molecule has 0 aliphatic carbocycles. The average molecular weight is 250 g/mol. The van der Waals surface area contributed by atoms with Crippen LogP contribution in [0.3, 0.4) is 0 Å². The van der Waals surface area contributed by atoms with Crippen molar-refractivity contribution in [3.05, 3.63) is 65.5 Å². The normalized spacial score (nSPS) is 11.8. The highest BCUT2D eigenvalue weighted by atomic mass is 14.6. The molecule has 19 heavy (non-hydrogen) atoms. The third-order valence-electron chi connectivity index (χ3n) is 3.42. The van der Waals surface area contributed by atoms with E-state index in [-0.39, 0.29) is 5.92 Å². The summed E-state index contributed by atoms with van der Waals surface area (Å²) in [5.41, 5.74) is 3.67. The number of hydrogen-bond donors (Lipinski definition) is 0. The maximum Gasteiger partial charge on any atom is 0.0715 e. The van der Waals surface area contributed by atoms with Gasteiger partial charge in [-0.3, -0.25) is 4.98 Å². The van der Waals surface area contributed by atoms with Gasteiger partial charge in [-0.1, -0.05) is 31.2 Å². The first-order valence-corrected chi connectivity index (χ1v) is 6.71. The van der Waals surface area contributed by atoms with Crippen LogP contribution in [0.15, 0.2) is 48.8 Å². The van der Waals surface area contributed by atoms with E-state index in [0.29, 0.717) is 0 Å². The van der Waals surface area contributed by atoms with Crippen LogP contribution >= 0.6 is 0 Å². The quantitative estimate of drug-likeness (QED) is 0.807. The summed E-state index contributed by atoms with van der Waals surface area (Å²) in [4.78, 5) is 4.00. The van der Waals surface area contributed by atoms with E-state index in [2.05, 4.69) is 42.2 Å². The molecule has 0 N–H and O–H groups in total. The zero-order valence-corrected chi connectivity index (χ0v) is 11.2. The predicted octanol–water partition coefficient (Wildman–Crippen LogP) is 3.88. The van der Waals surface area contributed by atoms with Crippen LogP contribution in [0.25, 0.3) is 0 Å². The highest BCUT2D eigenvalue weighted by Crippen LogP contribution is 2.21. The number of nitriles is 1. The van der Waals surface area contributed by atoms with Gasteiger partial charge < -0.3 is 0 Å². The predicted molar refractivity (Wildman–Crippen MR) is 76.7 cm³/mol. The summed E-state index contributed by atoms with van der Waals surface area (Å²) in [6.45, 7) is 2.14. The van der Waals surface area contributed by atoms with Gasteiger partial charge in [-0.2, -0.15) is 5.26 Å². The Kier molecular flexibility index (Phi) is 4.69. The van der Waals surface area contributed by atoms with Crippen molar-refractivity contribution in [3.63, 3.8) is 0 Å². The maximum absolute atomic E-state index is 9.32. The van der Waals surface area contributed by atoms with E-state index in [0.717, 1.165) is 24.8 Å². The number of pyridine rings is 1. The molecule has 1 aromatic heterocycles. The number of rotatable bonds is 5. The molecule has 0 saturated carbocycles. The van der Waals surface area contributed by atoms with Crippen LogP contribution in [0.5, 0.6) is 0 Å². The minimum atomic E-state index is -0.0286. The molecule has 0 amide bonds. The van der Waals surface area contributed by atoms with E-state index >= 15 is 0 Å². The van der Waals surface area contributed by atoms with Crippen molar-refractivity contribution in [1.29, 1.82) is 5.26 Å². The van der Waals surface area contributed by atoms with Crippen LogP contribution in [-0.4, -0.2) is 4.98 Å². The Morgan fingerprint density at radius 3 is 2.32 bits per heavy atom. The third-order valence-corrected chi connectivity index (χ3v) is 3.42. The molecule has 0 radical (unpaired) electrons. The molecule has 0 spiro atoms. The van der Waals surface area contributed by atoms with Gasteiger partial charge in [0.25, 0.3) is 0 Å². The summed E-state index contributed by atoms with van der Waals surface area (Å²) in [6, 6.07) is 14.8. The lowest BCUT2D eigenvalue weighted by molar-refractivity contribution is 0.745. The molecular weight excluding hydrogens is 232 g/mol. The van der Waals surface area contributed by atoms with Crippen molar-refractivity contribution in [2.75, 3.05) is 0 Å². The summed E-state index contributed by atoms with van der Waals surface area (Å²) < 4.78 is 0. The van der Waals surface area contributed by atoms with E-state index < -0.39 is 0 Å². The standard InChI is InChI=1S/C17H18N2/c1-2-14-3-6-16(7-4-14)17(13-18)8-5-15-9-11-19-12-10-15/h3-4,6-7,9-12,17H,2,5,8H2,1H3. The highest BCUT2D eigenvalue weighted by molar-refractivity contribution is 5.29. The molecule has 0 saturated heterocycles. The molecule has 0 aliphatic rings. The smallest absolute Gasteiger partial charge is 0.0715 e. The Balaban J connectivity index is 2.02. The second-order valence-corrected chi connectivity index (χ2v) is 4.67. The molecule has 2 rings (SSSR count). The average Bonchev–Trinajstić information content (AvgIpc) is 2.49. The van der Waals surface area contributed by atoms with E-state index in [9.17, 15) is 5.26 Å². The number of benzene rings is 1. The molecule has 0 aliphatic heterocycles. The van der Waals surface area contributed by atoms with Gasteiger partial charge in [-0.05, 0) is 48.1 Å². The fourth-order valence-electron chi connectivity index (χ4n) is 2.15. The van der Waals surface area contributed by atoms with Crippen LogP contribution in [0, 0.1) is 11.3 Å². The van der Waals surface area contributed by atoms with Gasteiger partial charge in [0.2, 0.25) is 0 Å².